The van der Waals surface area contributed by atoms with E-state index in [1.165, 1.54) is 11.3 Å². The Hall–Kier alpha value is -2.62. The fourth-order valence-corrected chi connectivity index (χ4v) is 2.33. The normalized spacial score (nSPS) is 10.0. The van der Waals surface area contributed by atoms with Crippen LogP contribution in [0.1, 0.15) is 15.5 Å². The molecule has 9 heteroatoms. The lowest BCUT2D eigenvalue weighted by Crippen LogP contribution is -2.25. The van der Waals surface area contributed by atoms with Crippen LogP contribution in [0, 0.1) is 0 Å². The lowest BCUT2D eigenvalue weighted by Gasteiger charge is -1.99. The van der Waals surface area contributed by atoms with Gasteiger partial charge in [-0.25, -0.2) is 0 Å². The van der Waals surface area contributed by atoms with Crippen LogP contribution in [0.15, 0.2) is 46.4 Å². The van der Waals surface area contributed by atoms with Crippen molar-refractivity contribution in [2.45, 2.75) is 6.42 Å². The predicted molar refractivity (Wildman–Crippen MR) is 92.1 cm³/mol. The van der Waals surface area contributed by atoms with E-state index in [9.17, 15) is 4.79 Å². The first-order valence-corrected chi connectivity index (χ1v) is 8.39. The third-order valence-electron chi connectivity index (χ3n) is 2.93. The molecule has 0 aliphatic rings. The average molecular weight is 362 g/mol. The number of carbonyl (C=O) groups excluding carboxylic acids is 1. The molecule has 2 heterocycles. The second kappa shape index (κ2) is 10.3. The van der Waals surface area contributed by atoms with Gasteiger partial charge in [-0.2, -0.15) is 0 Å². The Labute approximate surface area is 148 Å². The number of amides is 1. The lowest BCUT2D eigenvalue weighted by atomic mass is 10.1. The van der Waals surface area contributed by atoms with Crippen molar-refractivity contribution >= 4 is 17.2 Å². The monoisotopic (exact) mass is 362 g/mol. The topological polar surface area (TPSA) is 121 Å². The number of rotatable bonds is 6. The molecule has 0 saturated heterocycles. The highest BCUT2D eigenvalue weighted by Gasteiger charge is 2.13. The number of hydrogen-bond donors (Lipinski definition) is 3. The number of carbonyl (C=O) groups is 1. The van der Waals surface area contributed by atoms with Crippen LogP contribution < -0.4 is 5.32 Å². The molecule has 0 spiro atoms. The van der Waals surface area contributed by atoms with Crippen molar-refractivity contribution in [3.8, 4) is 11.3 Å². The van der Waals surface area contributed by atoms with Gasteiger partial charge in [0.2, 0.25) is 0 Å². The summed E-state index contributed by atoms with van der Waals surface area (Å²) in [5, 5.41) is 30.4. The van der Waals surface area contributed by atoms with Gasteiger partial charge in [0.15, 0.2) is 11.5 Å². The van der Waals surface area contributed by atoms with Crippen LogP contribution in [-0.2, 0) is 6.42 Å². The van der Waals surface area contributed by atoms with Gasteiger partial charge in [-0.05, 0) is 0 Å². The molecule has 25 heavy (non-hydrogen) atoms. The molecule has 3 N–H and O–H groups in total. The zero-order chi connectivity index (χ0) is 17.9. The Kier molecular flexibility index (Phi) is 7.70. The molecule has 3 rings (SSSR count). The summed E-state index contributed by atoms with van der Waals surface area (Å²) in [6, 6.07) is 11.2. The number of aromatic nitrogens is 3. The molecule has 0 unspecified atom stereocenters. The fraction of sp³-hybridized carbons (Fsp3) is 0.250. The summed E-state index contributed by atoms with van der Waals surface area (Å²) in [5.74, 6) is 0.315. The number of nitrogens with one attached hydrogen (secondary N) is 1. The first-order chi connectivity index (χ1) is 12.2. The molecular weight excluding hydrogens is 344 g/mol. The SMILES string of the molecule is O=C(NCCc1nncs1)c1cc(-c2ccccc2)on1.OCCO. The smallest absolute Gasteiger partial charge is 0.273 e. The Bertz CT molecular complexity index is 745. The molecule has 1 aromatic carbocycles. The zero-order valence-electron chi connectivity index (χ0n) is 13.3. The predicted octanol–water partition coefficient (Wildman–Crippen LogP) is 1.14. The summed E-state index contributed by atoms with van der Waals surface area (Å²) in [6.07, 6.45) is 0.653. The van der Waals surface area contributed by atoms with Gasteiger partial charge < -0.3 is 20.1 Å². The molecule has 3 aromatic rings. The molecule has 132 valence electrons. The van der Waals surface area contributed by atoms with E-state index >= 15 is 0 Å². The van der Waals surface area contributed by atoms with Crippen LogP contribution in [0.3, 0.4) is 0 Å². The van der Waals surface area contributed by atoms with Crippen molar-refractivity contribution in [1.29, 1.82) is 0 Å². The maximum atomic E-state index is 12.0. The van der Waals surface area contributed by atoms with Crippen LogP contribution in [-0.4, -0.2) is 51.2 Å². The highest BCUT2D eigenvalue weighted by Crippen LogP contribution is 2.19. The fourth-order valence-electron chi connectivity index (χ4n) is 1.80. The van der Waals surface area contributed by atoms with Crippen molar-refractivity contribution in [2.24, 2.45) is 0 Å². The third-order valence-corrected chi connectivity index (χ3v) is 3.69. The van der Waals surface area contributed by atoms with E-state index in [4.69, 9.17) is 14.7 Å². The Morgan fingerprint density at radius 3 is 2.60 bits per heavy atom. The van der Waals surface area contributed by atoms with E-state index in [2.05, 4.69) is 20.7 Å². The van der Waals surface area contributed by atoms with Crippen LogP contribution >= 0.6 is 11.3 Å². The molecule has 0 atom stereocenters. The van der Waals surface area contributed by atoms with E-state index in [1.807, 2.05) is 30.3 Å². The quantitative estimate of drug-likeness (QED) is 0.601. The summed E-state index contributed by atoms with van der Waals surface area (Å²) >= 11 is 1.46. The third kappa shape index (κ3) is 6.07. The summed E-state index contributed by atoms with van der Waals surface area (Å²) in [4.78, 5) is 12.0. The van der Waals surface area contributed by atoms with Gasteiger partial charge in [0.05, 0.1) is 13.2 Å². The second-order valence-electron chi connectivity index (χ2n) is 4.73. The number of hydrogen-bond acceptors (Lipinski definition) is 8. The number of nitrogens with zero attached hydrogens (tertiary/aromatic N) is 3. The minimum absolute atomic E-state index is 0.125. The lowest BCUT2D eigenvalue weighted by molar-refractivity contribution is 0.0945. The van der Waals surface area contributed by atoms with E-state index in [1.54, 1.807) is 11.6 Å². The van der Waals surface area contributed by atoms with Crippen LogP contribution in [0.25, 0.3) is 11.3 Å². The maximum absolute atomic E-state index is 12.0. The summed E-state index contributed by atoms with van der Waals surface area (Å²) in [5.41, 5.74) is 2.82. The molecule has 1 amide bonds. The van der Waals surface area contributed by atoms with Gasteiger partial charge in [-0.1, -0.05) is 35.5 Å². The van der Waals surface area contributed by atoms with E-state index < -0.39 is 0 Å². The van der Waals surface area contributed by atoms with Gasteiger partial charge in [0, 0.05) is 24.6 Å². The zero-order valence-corrected chi connectivity index (χ0v) is 14.1. The minimum Gasteiger partial charge on any atom is -0.394 e. The maximum Gasteiger partial charge on any atom is 0.273 e. The van der Waals surface area contributed by atoms with E-state index in [0.717, 1.165) is 10.6 Å². The molecule has 0 fully saturated rings. The minimum atomic E-state index is -0.259. The number of aliphatic hydroxyl groups is 2. The summed E-state index contributed by atoms with van der Waals surface area (Å²) in [7, 11) is 0. The van der Waals surface area contributed by atoms with Gasteiger partial charge in [0.1, 0.15) is 10.5 Å². The second-order valence-corrected chi connectivity index (χ2v) is 5.65. The first-order valence-electron chi connectivity index (χ1n) is 7.51. The van der Waals surface area contributed by atoms with Crippen molar-refractivity contribution in [2.75, 3.05) is 19.8 Å². The van der Waals surface area contributed by atoms with E-state index in [-0.39, 0.29) is 24.8 Å². The van der Waals surface area contributed by atoms with E-state index in [0.29, 0.717) is 18.7 Å². The number of benzene rings is 1. The molecule has 0 aliphatic heterocycles. The molecule has 0 saturated carbocycles. The van der Waals surface area contributed by atoms with Crippen LogP contribution in [0.5, 0.6) is 0 Å². The van der Waals surface area contributed by atoms with Gasteiger partial charge in [0.25, 0.3) is 5.91 Å². The largest absolute Gasteiger partial charge is 0.394 e. The molecular formula is C16H18N4O4S. The van der Waals surface area contributed by atoms with Crippen molar-refractivity contribution in [3.05, 3.63) is 52.6 Å². The molecule has 0 radical (unpaired) electrons. The molecule has 2 aromatic heterocycles. The number of aliphatic hydroxyl groups excluding tert-OH is 2. The molecule has 0 bridgehead atoms. The van der Waals surface area contributed by atoms with Gasteiger partial charge in [-0.15, -0.1) is 21.5 Å². The van der Waals surface area contributed by atoms with Crippen LogP contribution in [0.4, 0.5) is 0 Å². The first kappa shape index (κ1) is 18.7. The Balaban J connectivity index is 0.000000511. The standard InChI is InChI=1S/C14H12N4O2S.C2H6O2/c19-14(15-7-6-13-17-16-9-21-13)11-8-12(20-18-11)10-4-2-1-3-5-10;3-1-2-4/h1-5,8-9H,6-7H2,(H,15,19);3-4H,1-2H2. The van der Waals surface area contributed by atoms with Gasteiger partial charge >= 0.3 is 0 Å². The highest BCUT2D eigenvalue weighted by atomic mass is 32.1. The average Bonchev–Trinajstić information content (AvgIpc) is 3.34. The molecule has 8 nitrogen and oxygen atoms in total. The highest BCUT2D eigenvalue weighted by molar-refractivity contribution is 7.09. The van der Waals surface area contributed by atoms with Crippen LogP contribution in [0.2, 0.25) is 0 Å². The summed E-state index contributed by atoms with van der Waals surface area (Å²) < 4.78 is 5.19. The summed E-state index contributed by atoms with van der Waals surface area (Å²) in [6.45, 7) is 0.238. The van der Waals surface area contributed by atoms with Crippen molar-refractivity contribution in [3.63, 3.8) is 0 Å². The molecule has 0 aliphatic carbocycles. The Morgan fingerprint density at radius 1 is 1.20 bits per heavy atom. The van der Waals surface area contributed by atoms with Crippen molar-refractivity contribution < 1.29 is 19.5 Å². The Morgan fingerprint density at radius 2 is 1.96 bits per heavy atom. The van der Waals surface area contributed by atoms with Crippen molar-refractivity contribution in [1.82, 2.24) is 20.7 Å². The van der Waals surface area contributed by atoms with Gasteiger partial charge in [-0.3, -0.25) is 4.79 Å².